The van der Waals surface area contributed by atoms with E-state index in [2.05, 4.69) is 23.6 Å². The van der Waals surface area contributed by atoms with Gasteiger partial charge in [-0.15, -0.1) is 0 Å². The molecule has 1 atom stereocenters. The number of nitrogens with zero attached hydrogens (tertiary/aromatic N) is 1. The van der Waals surface area contributed by atoms with Gasteiger partial charge in [0.25, 0.3) is 0 Å². The van der Waals surface area contributed by atoms with Gasteiger partial charge in [0.15, 0.2) is 0 Å². The van der Waals surface area contributed by atoms with Crippen molar-refractivity contribution in [3.8, 4) is 0 Å². The molecule has 1 N–H and O–H groups in total. The second kappa shape index (κ2) is 10.2. The zero-order valence-corrected chi connectivity index (χ0v) is 12.2. The first-order chi connectivity index (χ1) is 8.36. The molecule has 1 heterocycles. The van der Waals surface area contributed by atoms with Gasteiger partial charge >= 0.3 is 0 Å². The summed E-state index contributed by atoms with van der Waals surface area (Å²) in [5, 5.41) is 9.29. The molecule has 17 heavy (non-hydrogen) atoms. The smallest absolute Gasteiger partial charge is 0.0459 e. The summed E-state index contributed by atoms with van der Waals surface area (Å²) in [6, 6.07) is 0. The highest BCUT2D eigenvalue weighted by atomic mass is 32.2. The zero-order chi connectivity index (χ0) is 12.3. The summed E-state index contributed by atoms with van der Waals surface area (Å²) >= 11 is 2.08. The number of hydrogen-bond donors (Lipinski definition) is 1. The van der Waals surface area contributed by atoms with E-state index < -0.39 is 0 Å². The van der Waals surface area contributed by atoms with Crippen molar-refractivity contribution in [3.05, 3.63) is 0 Å². The monoisotopic (exact) mass is 259 g/mol. The number of unbranched alkanes of at least 4 members (excludes halogenated alkanes) is 2. The summed E-state index contributed by atoms with van der Waals surface area (Å²) in [7, 11) is 0. The summed E-state index contributed by atoms with van der Waals surface area (Å²) in [6.45, 7) is 6.45. The molecule has 0 aliphatic carbocycles. The maximum Gasteiger partial charge on any atom is 0.0459 e. The molecular formula is C14H29NOS. The third kappa shape index (κ3) is 7.32. The third-order valence-electron chi connectivity index (χ3n) is 3.66. The number of hydrogen-bond acceptors (Lipinski definition) is 3. The summed E-state index contributed by atoms with van der Waals surface area (Å²) in [5.74, 6) is 3.19. The Bertz CT molecular complexity index is 172. The minimum Gasteiger partial charge on any atom is -0.396 e. The Hall–Kier alpha value is 0.270. The summed E-state index contributed by atoms with van der Waals surface area (Å²) in [5.41, 5.74) is 0. The van der Waals surface area contributed by atoms with Gasteiger partial charge in [0.05, 0.1) is 0 Å². The lowest BCUT2D eigenvalue weighted by molar-refractivity contribution is 0.202. The van der Waals surface area contributed by atoms with Gasteiger partial charge in [-0.1, -0.05) is 26.2 Å². The molecule has 1 fully saturated rings. The second-order valence-corrected chi connectivity index (χ2v) is 6.37. The molecule has 2 nitrogen and oxygen atoms in total. The molecule has 0 aromatic rings. The average molecular weight is 259 g/mol. The minimum absolute atomic E-state index is 0.389. The normalized spacial score (nSPS) is 19.4. The Labute approximate surface area is 111 Å². The molecule has 0 radical (unpaired) electrons. The van der Waals surface area contributed by atoms with Crippen LogP contribution in [0.3, 0.4) is 0 Å². The largest absolute Gasteiger partial charge is 0.396 e. The molecule has 0 amide bonds. The number of thioether (sulfide) groups is 1. The SMILES string of the molecule is CCCC[C@@H](CO)CCCCN1CCSCC1. The summed E-state index contributed by atoms with van der Waals surface area (Å²) in [4.78, 5) is 2.59. The molecule has 0 unspecified atom stereocenters. The van der Waals surface area contributed by atoms with Crippen LogP contribution in [0.5, 0.6) is 0 Å². The van der Waals surface area contributed by atoms with Crippen LogP contribution in [-0.2, 0) is 0 Å². The molecule has 1 aliphatic rings. The quantitative estimate of drug-likeness (QED) is 0.644. The maximum absolute atomic E-state index is 9.29. The molecule has 1 aliphatic heterocycles. The van der Waals surface area contributed by atoms with Crippen LogP contribution in [0, 0.1) is 5.92 Å². The molecule has 1 saturated heterocycles. The minimum atomic E-state index is 0.389. The van der Waals surface area contributed by atoms with E-state index in [0.717, 1.165) is 0 Å². The fourth-order valence-corrected chi connectivity index (χ4v) is 3.39. The number of aliphatic hydroxyl groups excluding tert-OH is 1. The van der Waals surface area contributed by atoms with Crippen LogP contribution in [0.25, 0.3) is 0 Å². The molecule has 1 rings (SSSR count). The van der Waals surface area contributed by atoms with Crippen molar-refractivity contribution in [1.29, 1.82) is 0 Å². The van der Waals surface area contributed by atoms with Crippen LogP contribution in [0.15, 0.2) is 0 Å². The first kappa shape index (κ1) is 15.3. The van der Waals surface area contributed by atoms with Gasteiger partial charge in [0.1, 0.15) is 0 Å². The standard InChI is InChI=1S/C14H29NOS/c1-2-3-6-14(13-16)7-4-5-8-15-9-11-17-12-10-15/h14,16H,2-13H2,1H3/t14-/m1/s1. The fourth-order valence-electron chi connectivity index (χ4n) is 2.41. The average Bonchev–Trinajstić information content (AvgIpc) is 2.39. The van der Waals surface area contributed by atoms with Gasteiger partial charge < -0.3 is 10.0 Å². The zero-order valence-electron chi connectivity index (χ0n) is 11.4. The maximum atomic E-state index is 9.29. The Morgan fingerprint density at radius 1 is 1.12 bits per heavy atom. The predicted molar refractivity (Wildman–Crippen MR) is 77.7 cm³/mol. The van der Waals surface area contributed by atoms with Crippen molar-refractivity contribution in [2.75, 3.05) is 37.7 Å². The van der Waals surface area contributed by atoms with E-state index in [1.807, 2.05) is 0 Å². The highest BCUT2D eigenvalue weighted by Gasteiger charge is 2.10. The van der Waals surface area contributed by atoms with Crippen molar-refractivity contribution in [1.82, 2.24) is 4.90 Å². The highest BCUT2D eigenvalue weighted by Crippen LogP contribution is 2.16. The van der Waals surface area contributed by atoms with Crippen molar-refractivity contribution < 1.29 is 5.11 Å². The number of aliphatic hydroxyl groups is 1. The highest BCUT2D eigenvalue weighted by molar-refractivity contribution is 7.99. The molecule has 102 valence electrons. The molecule has 0 aromatic heterocycles. The van der Waals surface area contributed by atoms with E-state index in [1.165, 1.54) is 69.7 Å². The van der Waals surface area contributed by atoms with E-state index in [4.69, 9.17) is 0 Å². The number of rotatable bonds is 9. The van der Waals surface area contributed by atoms with Crippen LogP contribution >= 0.6 is 11.8 Å². The van der Waals surface area contributed by atoms with E-state index in [1.54, 1.807) is 0 Å². The topological polar surface area (TPSA) is 23.5 Å². The molecule has 0 aromatic carbocycles. The van der Waals surface area contributed by atoms with Crippen molar-refractivity contribution in [2.45, 2.75) is 45.4 Å². The van der Waals surface area contributed by atoms with Crippen LogP contribution in [0.2, 0.25) is 0 Å². The van der Waals surface area contributed by atoms with Gasteiger partial charge in [-0.2, -0.15) is 11.8 Å². The van der Waals surface area contributed by atoms with E-state index in [0.29, 0.717) is 12.5 Å². The molecule has 0 spiro atoms. The van der Waals surface area contributed by atoms with Gasteiger partial charge in [0, 0.05) is 31.2 Å². The second-order valence-electron chi connectivity index (χ2n) is 5.14. The van der Waals surface area contributed by atoms with Crippen molar-refractivity contribution >= 4 is 11.8 Å². The van der Waals surface area contributed by atoms with Gasteiger partial charge in [-0.25, -0.2) is 0 Å². The van der Waals surface area contributed by atoms with Gasteiger partial charge in [-0.3, -0.25) is 0 Å². The van der Waals surface area contributed by atoms with Gasteiger partial charge in [0.2, 0.25) is 0 Å². The summed E-state index contributed by atoms with van der Waals surface area (Å²) < 4.78 is 0. The summed E-state index contributed by atoms with van der Waals surface area (Å²) in [6.07, 6.45) is 7.56. The molecular weight excluding hydrogens is 230 g/mol. The first-order valence-electron chi connectivity index (χ1n) is 7.27. The van der Waals surface area contributed by atoms with Crippen molar-refractivity contribution in [3.63, 3.8) is 0 Å². The van der Waals surface area contributed by atoms with Crippen LogP contribution in [-0.4, -0.2) is 47.8 Å². The van der Waals surface area contributed by atoms with Gasteiger partial charge in [-0.05, 0) is 31.7 Å². The van der Waals surface area contributed by atoms with E-state index >= 15 is 0 Å². The van der Waals surface area contributed by atoms with Crippen LogP contribution in [0.4, 0.5) is 0 Å². The third-order valence-corrected chi connectivity index (χ3v) is 4.61. The lowest BCUT2D eigenvalue weighted by atomic mass is 9.97. The molecule has 3 heteroatoms. The van der Waals surface area contributed by atoms with Crippen LogP contribution < -0.4 is 0 Å². The Morgan fingerprint density at radius 2 is 1.82 bits per heavy atom. The molecule has 0 bridgehead atoms. The first-order valence-corrected chi connectivity index (χ1v) is 8.43. The molecule has 0 saturated carbocycles. The van der Waals surface area contributed by atoms with Crippen LogP contribution in [0.1, 0.15) is 45.4 Å². The lowest BCUT2D eigenvalue weighted by Crippen LogP contribution is -2.33. The Balaban J connectivity index is 1.97. The predicted octanol–water partition coefficient (Wildman–Crippen LogP) is 3.00. The Kier molecular flexibility index (Phi) is 9.21. The lowest BCUT2D eigenvalue weighted by Gasteiger charge is -2.26. The van der Waals surface area contributed by atoms with E-state index in [9.17, 15) is 5.11 Å². The van der Waals surface area contributed by atoms with Crippen molar-refractivity contribution in [2.24, 2.45) is 5.92 Å². The Morgan fingerprint density at radius 3 is 2.47 bits per heavy atom. The van der Waals surface area contributed by atoms with E-state index in [-0.39, 0.29) is 0 Å². The fraction of sp³-hybridized carbons (Fsp3) is 1.00.